The fourth-order valence-electron chi connectivity index (χ4n) is 7.86. The molecule has 9 rings (SSSR count). The number of piperidine rings is 1. The zero-order chi connectivity index (χ0) is 29.8. The number of nitrogens with one attached hydrogen (secondary N) is 4. The average Bonchev–Trinajstić information content (AvgIpc) is 3.87. The predicted molar refractivity (Wildman–Crippen MR) is 159 cm³/mol. The molecule has 0 radical (unpaired) electrons. The molecule has 6 nitrogen and oxygen atoms in total. The quantitative estimate of drug-likeness (QED) is 0.160. The number of imidazole rings is 2. The van der Waals surface area contributed by atoms with Gasteiger partial charge in [0.1, 0.15) is 11.6 Å². The molecule has 3 fully saturated rings. The molecule has 2 saturated heterocycles. The van der Waals surface area contributed by atoms with Gasteiger partial charge in [0, 0.05) is 22.7 Å². The molecular weight excluding hydrogens is 568 g/mol. The topological polar surface area (TPSA) is 81.4 Å². The Morgan fingerprint density at radius 3 is 2.18 bits per heavy atom. The predicted octanol–water partition coefficient (Wildman–Crippen LogP) is 7.72. The van der Waals surface area contributed by atoms with Crippen LogP contribution in [0.3, 0.4) is 0 Å². The Bertz CT molecular complexity index is 1940. The lowest BCUT2D eigenvalue weighted by Gasteiger charge is -2.35. The number of aromatic nitrogens is 4. The summed E-state index contributed by atoms with van der Waals surface area (Å²) in [5.41, 5.74) is 2.45. The highest BCUT2D eigenvalue weighted by molar-refractivity contribution is 5.85. The summed E-state index contributed by atoms with van der Waals surface area (Å²) in [4.78, 5) is 15.8. The molecule has 1 saturated carbocycles. The molecule has 44 heavy (non-hydrogen) atoms. The Balaban J connectivity index is 1.08. The normalized spacial score (nSPS) is 26.3. The molecule has 4 aliphatic rings. The van der Waals surface area contributed by atoms with Crippen LogP contribution in [-0.4, -0.2) is 32.5 Å². The Morgan fingerprint density at radius 1 is 0.750 bits per heavy atom. The first kappa shape index (κ1) is 26.4. The van der Waals surface area contributed by atoms with Crippen LogP contribution in [0.2, 0.25) is 0 Å². The van der Waals surface area contributed by atoms with Gasteiger partial charge >= 0.3 is 11.8 Å². The lowest BCUT2D eigenvalue weighted by atomic mass is 9.78. The highest BCUT2D eigenvalue weighted by atomic mass is 19.3. The minimum Gasteiger partial charge on any atom is -0.341 e. The van der Waals surface area contributed by atoms with Gasteiger partial charge in [0.2, 0.25) is 0 Å². The Kier molecular flexibility index (Phi) is 5.55. The number of H-pyrrole nitrogens is 2. The van der Waals surface area contributed by atoms with Crippen molar-refractivity contribution in [2.45, 2.75) is 62.1 Å². The molecule has 10 heteroatoms. The standard InChI is InChI=1S/C34H30F4N6/c35-33(36)24-13-17(18-6-10-26-28(15-18)43-32(42-26)30-20-3-7-21(12-20)41-30)4-8-22(24)23-9-5-19(14-25(23)34(33,37)38)29-16-40-31(44-29)27-2-1-11-39-27/h4-6,8-10,13-16,20-21,27,30,39,41H,1-3,7,11-12H2,(H,40,44)(H,42,43)/t20-,21+,27-,30-/m0/s1. The minimum absolute atomic E-state index is 0.0728. The van der Waals surface area contributed by atoms with Crippen LogP contribution in [0.4, 0.5) is 17.6 Å². The first-order valence-corrected chi connectivity index (χ1v) is 15.4. The average molecular weight is 599 g/mol. The summed E-state index contributed by atoms with van der Waals surface area (Å²) < 4.78 is 63.1. The van der Waals surface area contributed by atoms with E-state index in [2.05, 4.69) is 25.6 Å². The Morgan fingerprint density at radius 2 is 1.48 bits per heavy atom. The van der Waals surface area contributed by atoms with Crippen molar-refractivity contribution in [1.82, 2.24) is 30.6 Å². The van der Waals surface area contributed by atoms with E-state index in [4.69, 9.17) is 4.98 Å². The van der Waals surface area contributed by atoms with Crippen molar-refractivity contribution in [1.29, 1.82) is 0 Å². The van der Waals surface area contributed by atoms with Gasteiger partial charge in [0.05, 0.1) is 35.0 Å². The van der Waals surface area contributed by atoms with E-state index < -0.39 is 23.0 Å². The maximum absolute atomic E-state index is 15.8. The van der Waals surface area contributed by atoms with Crippen molar-refractivity contribution in [3.8, 4) is 33.5 Å². The number of benzene rings is 3. The van der Waals surface area contributed by atoms with Crippen molar-refractivity contribution < 1.29 is 17.6 Å². The molecule has 0 amide bonds. The molecule has 2 aliphatic heterocycles. The van der Waals surface area contributed by atoms with E-state index in [1.165, 1.54) is 37.1 Å². The minimum atomic E-state index is -4.41. The van der Waals surface area contributed by atoms with Crippen LogP contribution in [0.15, 0.2) is 60.8 Å². The zero-order valence-electron chi connectivity index (χ0n) is 23.7. The monoisotopic (exact) mass is 598 g/mol. The van der Waals surface area contributed by atoms with Crippen molar-refractivity contribution in [3.63, 3.8) is 0 Å². The number of rotatable bonds is 4. The summed E-state index contributed by atoms with van der Waals surface area (Å²) in [7, 11) is 0. The SMILES string of the molecule is FC1(F)c2cc(-c3ccc4nc([C@H]5N[C@@H]6CC[C@H]5C6)[nH]c4c3)ccc2-c2ccc(-c3cnc([C@@H]4CCCN4)[nH]3)cc2C1(F)F. The van der Waals surface area contributed by atoms with Crippen LogP contribution in [-0.2, 0) is 11.8 Å². The van der Waals surface area contributed by atoms with Gasteiger partial charge in [-0.1, -0.05) is 30.3 Å². The summed E-state index contributed by atoms with van der Waals surface area (Å²) in [6.45, 7) is 0.888. The molecule has 2 aliphatic carbocycles. The molecule has 5 aromatic rings. The lowest BCUT2D eigenvalue weighted by Crippen LogP contribution is -2.39. The molecule has 4 heterocycles. The molecule has 2 bridgehead atoms. The fourth-order valence-corrected chi connectivity index (χ4v) is 7.86. The number of hydrogen-bond donors (Lipinski definition) is 4. The fraction of sp³-hybridized carbons (Fsp3) is 0.353. The summed E-state index contributed by atoms with van der Waals surface area (Å²) in [6, 6.07) is 15.2. The summed E-state index contributed by atoms with van der Waals surface area (Å²) in [5.74, 6) is -6.64. The first-order valence-electron chi connectivity index (χ1n) is 15.4. The number of fused-ring (bicyclic) bond motifs is 6. The van der Waals surface area contributed by atoms with E-state index in [-0.39, 0.29) is 23.2 Å². The molecule has 0 unspecified atom stereocenters. The van der Waals surface area contributed by atoms with Crippen LogP contribution >= 0.6 is 0 Å². The van der Waals surface area contributed by atoms with Crippen molar-refractivity contribution in [3.05, 3.63) is 83.6 Å². The van der Waals surface area contributed by atoms with Crippen LogP contribution < -0.4 is 10.6 Å². The number of halogens is 4. The third-order valence-electron chi connectivity index (χ3n) is 10.2. The van der Waals surface area contributed by atoms with Crippen LogP contribution in [0, 0.1) is 5.92 Å². The molecule has 4 atom stereocenters. The van der Waals surface area contributed by atoms with E-state index in [0.717, 1.165) is 48.5 Å². The molecule has 4 N–H and O–H groups in total. The second kappa shape index (κ2) is 9.25. The third-order valence-corrected chi connectivity index (χ3v) is 10.2. The Hall–Kier alpha value is -4.02. The largest absolute Gasteiger partial charge is 0.341 e. The molecule has 224 valence electrons. The summed E-state index contributed by atoms with van der Waals surface area (Å²) >= 11 is 0. The highest BCUT2D eigenvalue weighted by Gasteiger charge is 2.62. The van der Waals surface area contributed by atoms with Gasteiger partial charge in [0.25, 0.3) is 0 Å². The van der Waals surface area contributed by atoms with Crippen molar-refractivity contribution in [2.75, 3.05) is 6.54 Å². The first-order chi connectivity index (χ1) is 21.3. The number of aromatic amines is 2. The Labute approximate surface area is 250 Å². The van der Waals surface area contributed by atoms with Crippen LogP contribution in [0.5, 0.6) is 0 Å². The third kappa shape index (κ3) is 3.80. The second-order valence-electron chi connectivity index (χ2n) is 12.8. The summed E-state index contributed by atoms with van der Waals surface area (Å²) in [6.07, 6.45) is 7.07. The zero-order valence-corrected chi connectivity index (χ0v) is 23.7. The van der Waals surface area contributed by atoms with Crippen LogP contribution in [0.25, 0.3) is 44.5 Å². The van der Waals surface area contributed by atoms with Gasteiger partial charge in [-0.15, -0.1) is 0 Å². The molecule has 2 aromatic heterocycles. The smallest absolute Gasteiger partial charge is 0.340 e. The van der Waals surface area contributed by atoms with Crippen molar-refractivity contribution in [2.24, 2.45) is 5.92 Å². The molecule has 3 aromatic carbocycles. The number of alkyl halides is 4. The highest BCUT2D eigenvalue weighted by Crippen LogP contribution is 2.58. The van der Waals surface area contributed by atoms with Gasteiger partial charge in [-0.2, -0.15) is 17.6 Å². The van der Waals surface area contributed by atoms with Gasteiger partial charge in [-0.3, -0.25) is 0 Å². The number of nitrogens with zero attached hydrogens (tertiary/aromatic N) is 2. The maximum atomic E-state index is 15.8. The van der Waals surface area contributed by atoms with E-state index in [1.807, 2.05) is 18.2 Å². The van der Waals surface area contributed by atoms with Gasteiger partial charge in [-0.25, -0.2) is 9.97 Å². The molecule has 0 spiro atoms. The van der Waals surface area contributed by atoms with Crippen molar-refractivity contribution >= 4 is 11.0 Å². The van der Waals surface area contributed by atoms with Gasteiger partial charge in [-0.05, 0) is 91.1 Å². The van der Waals surface area contributed by atoms with E-state index >= 15 is 17.6 Å². The van der Waals surface area contributed by atoms with Gasteiger partial charge in [0.15, 0.2) is 0 Å². The van der Waals surface area contributed by atoms with E-state index in [1.54, 1.807) is 18.3 Å². The molecular formula is C34H30F4N6. The van der Waals surface area contributed by atoms with E-state index in [0.29, 0.717) is 34.3 Å². The number of hydrogen-bond acceptors (Lipinski definition) is 4. The lowest BCUT2D eigenvalue weighted by molar-refractivity contribution is -0.225. The maximum Gasteiger partial charge on any atom is 0.340 e. The van der Waals surface area contributed by atoms with Gasteiger partial charge < -0.3 is 20.6 Å². The summed E-state index contributed by atoms with van der Waals surface area (Å²) in [5, 5.41) is 6.99. The van der Waals surface area contributed by atoms with Crippen LogP contribution in [0.1, 0.15) is 67.0 Å². The second-order valence-corrected chi connectivity index (χ2v) is 12.8. The van der Waals surface area contributed by atoms with E-state index in [9.17, 15) is 0 Å².